The van der Waals surface area contributed by atoms with Crippen molar-refractivity contribution < 1.29 is 66.2 Å². The summed E-state index contributed by atoms with van der Waals surface area (Å²) in [6.07, 6.45) is -5.25. The number of likely N-dealkylation sites (N-methyl/N-ethyl adjacent to an activating group) is 4. The fourth-order valence-electron chi connectivity index (χ4n) is 10.7. The molecule has 0 radical (unpaired) electrons. The summed E-state index contributed by atoms with van der Waals surface area (Å²) in [7, 11) is 5.34. The number of nitrogens with one attached hydrogen (secondary N) is 5. The molecule has 2 fully saturated rings. The number of benzene rings is 2. The topological polar surface area (TPSA) is 267 Å². The van der Waals surface area contributed by atoms with Gasteiger partial charge >= 0.3 is 6.18 Å². The molecule has 10 atom stereocenters. The number of aliphatic hydroxyl groups is 1. The van der Waals surface area contributed by atoms with Gasteiger partial charge in [-0.2, -0.15) is 13.2 Å². The second-order valence-electron chi connectivity index (χ2n) is 24.8. The number of carbonyl (C=O) groups is 10. The quantitative estimate of drug-likeness (QED) is 0.168. The number of carbonyl (C=O) groups excluding carboxylic acids is 10. The van der Waals surface area contributed by atoms with Gasteiger partial charge in [-0.05, 0) is 99.3 Å². The molecule has 2 aliphatic rings. The molecule has 478 valence electrons. The average molecular weight is 1210 g/mol. The highest BCUT2D eigenvalue weighted by Gasteiger charge is 2.43. The Labute approximate surface area is 504 Å². The molecule has 0 saturated carbocycles. The fraction of sp³-hybridized carbons (Fsp3) is 0.645. The number of nitrogens with zero attached hydrogens (tertiary/aromatic N) is 5. The van der Waals surface area contributed by atoms with Crippen molar-refractivity contribution in [3.8, 4) is 0 Å². The highest BCUT2D eigenvalue weighted by molar-refractivity contribution is 6.00. The monoisotopic (exact) mass is 1210 g/mol. The minimum atomic E-state index is -4.71. The number of amides is 10. The van der Waals surface area contributed by atoms with Crippen LogP contribution in [-0.4, -0.2) is 190 Å². The van der Waals surface area contributed by atoms with Crippen LogP contribution in [0.15, 0.2) is 54.6 Å². The van der Waals surface area contributed by atoms with Crippen molar-refractivity contribution in [1.29, 1.82) is 0 Å². The Morgan fingerprint density at radius 3 is 1.53 bits per heavy atom. The summed E-state index contributed by atoms with van der Waals surface area (Å²) >= 11 is 0. The van der Waals surface area contributed by atoms with Crippen molar-refractivity contribution in [3.63, 3.8) is 0 Å². The van der Waals surface area contributed by atoms with E-state index in [1.54, 1.807) is 62.9 Å². The molecule has 0 bridgehead atoms. The molecule has 4 rings (SSSR count). The number of likely N-dealkylation sites (tertiary alicyclic amines) is 1. The Balaban J connectivity index is 1.95. The van der Waals surface area contributed by atoms with E-state index in [0.29, 0.717) is 31.5 Å². The van der Waals surface area contributed by atoms with E-state index in [-0.39, 0.29) is 49.0 Å². The Morgan fingerprint density at radius 2 is 1.02 bits per heavy atom. The van der Waals surface area contributed by atoms with E-state index in [4.69, 9.17) is 0 Å². The van der Waals surface area contributed by atoms with Crippen molar-refractivity contribution in [2.45, 2.75) is 194 Å². The minimum Gasteiger partial charge on any atom is -0.391 e. The molecule has 0 aromatic heterocycles. The molecule has 2 aromatic rings. The molecule has 2 saturated heterocycles. The first-order chi connectivity index (χ1) is 40.1. The van der Waals surface area contributed by atoms with Crippen LogP contribution in [0.25, 0.3) is 0 Å². The smallest absolute Gasteiger partial charge is 0.391 e. The van der Waals surface area contributed by atoms with Gasteiger partial charge in [0, 0.05) is 54.1 Å². The number of aliphatic hydroxyl groups excluding tert-OH is 1. The molecule has 0 spiro atoms. The zero-order valence-electron chi connectivity index (χ0n) is 52.5. The number of hydrogen-bond donors (Lipinski definition) is 6. The normalized spacial score (nSPS) is 25.4. The zero-order valence-corrected chi connectivity index (χ0v) is 52.5. The van der Waals surface area contributed by atoms with Crippen molar-refractivity contribution in [2.75, 3.05) is 41.3 Å². The Bertz CT molecular complexity index is 2670. The first-order valence-corrected chi connectivity index (χ1v) is 29.9. The average Bonchev–Trinajstić information content (AvgIpc) is 2.85. The molecule has 10 amide bonds. The SMILES string of the molecule is CC(C)C[C@@H]1NC(=O)[C@H](CC(C)C)N(C)C(=O)[C@H](C(C)C)NC(=O)C[C@@H](C(=O)N2CCCCC2)NC(=O)[C@H](CC(C)C)N(C)C(=O)[C@H](Cc2ccccc2)N(C)C(=O)[C@H]([C@@H](C)O)NC(=O)[C@H](Cc2ccc(C(F)(F)F)cc2)NC(=O)[C@H](C)N(C)C1=O. The van der Waals surface area contributed by atoms with Crippen molar-refractivity contribution in [3.05, 3.63) is 71.3 Å². The van der Waals surface area contributed by atoms with Gasteiger partial charge in [0.05, 0.1) is 18.1 Å². The number of hydrogen-bond acceptors (Lipinski definition) is 11. The van der Waals surface area contributed by atoms with Gasteiger partial charge in [-0.3, -0.25) is 47.9 Å². The Morgan fingerprint density at radius 1 is 0.535 bits per heavy atom. The van der Waals surface area contributed by atoms with Crippen molar-refractivity contribution in [1.82, 2.24) is 51.1 Å². The van der Waals surface area contributed by atoms with Crippen LogP contribution in [0.3, 0.4) is 0 Å². The largest absolute Gasteiger partial charge is 0.416 e. The Hall–Kier alpha value is -7.11. The maximum Gasteiger partial charge on any atom is 0.416 e. The van der Waals surface area contributed by atoms with Crippen molar-refractivity contribution >= 4 is 59.1 Å². The molecule has 2 aliphatic heterocycles. The molecule has 2 heterocycles. The molecule has 86 heavy (non-hydrogen) atoms. The lowest BCUT2D eigenvalue weighted by Gasteiger charge is -2.38. The predicted molar refractivity (Wildman–Crippen MR) is 317 cm³/mol. The van der Waals surface area contributed by atoms with Crippen molar-refractivity contribution in [2.24, 2.45) is 23.7 Å². The maximum absolute atomic E-state index is 15.3. The molecular formula is C62H93F3N10O11. The Kier molecular flexibility index (Phi) is 26.6. The molecule has 21 nitrogen and oxygen atoms in total. The second kappa shape index (κ2) is 32.0. The maximum atomic E-state index is 15.3. The summed E-state index contributed by atoms with van der Waals surface area (Å²) in [6, 6.07) is -0.540. The third-order valence-electron chi connectivity index (χ3n) is 15.9. The van der Waals surface area contributed by atoms with Gasteiger partial charge in [0.1, 0.15) is 54.4 Å². The number of rotatable bonds is 13. The summed E-state index contributed by atoms with van der Waals surface area (Å²) in [5.41, 5.74) is -0.283. The van der Waals surface area contributed by atoms with E-state index in [2.05, 4.69) is 26.6 Å². The first kappa shape index (κ1) is 71.4. The third kappa shape index (κ3) is 20.0. The number of halogens is 3. The second-order valence-corrected chi connectivity index (χ2v) is 24.8. The van der Waals surface area contributed by atoms with Gasteiger partial charge in [-0.25, -0.2) is 0 Å². The highest BCUT2D eigenvalue weighted by atomic mass is 19.4. The van der Waals surface area contributed by atoms with E-state index in [0.717, 1.165) is 45.4 Å². The van der Waals surface area contributed by atoms with Gasteiger partial charge in [0.15, 0.2) is 0 Å². The van der Waals surface area contributed by atoms with Crippen LogP contribution in [0.4, 0.5) is 13.2 Å². The van der Waals surface area contributed by atoms with Crippen LogP contribution in [0.1, 0.15) is 131 Å². The van der Waals surface area contributed by atoms with Crippen LogP contribution in [-0.2, 0) is 67.0 Å². The fourth-order valence-corrected chi connectivity index (χ4v) is 10.7. The minimum absolute atomic E-state index is 0.0289. The molecule has 6 N–H and O–H groups in total. The summed E-state index contributed by atoms with van der Waals surface area (Å²) in [5, 5.41) is 24.8. The number of alkyl halides is 3. The standard InChI is InChI=1S/C62H93F3N10O11/c1-35(2)29-45-57(82)71(11)39(9)53(78)66-44(32-42-23-25-43(26-24-42)62(63,64)65)54(79)70-52(40(10)76)61(86)74(14)49(33-41-21-17-15-18-22-41)59(84)72(12)47(30-36(3)4)55(80)68-46(58(83)75-27-19-16-20-28-75)34-50(77)69-51(38(7)8)60(85)73(13)48(31-37(5)6)56(81)67-45/h15,17-18,21-26,35-40,44-49,51-52,76H,16,19-20,27-34H2,1-14H3,(H,66,78)(H,67,81)(H,68,80)(H,69,77)(H,70,79)/t39-,40+,44-,45-,46-,47-,48-,49-,51-,52-/m0/s1. The lowest BCUT2D eigenvalue weighted by molar-refractivity contribution is -0.151. The molecule has 0 unspecified atom stereocenters. The highest BCUT2D eigenvalue weighted by Crippen LogP contribution is 2.30. The van der Waals surface area contributed by atoms with Crippen LogP contribution in [0.2, 0.25) is 0 Å². The molecule has 2 aromatic carbocycles. The predicted octanol–water partition coefficient (Wildman–Crippen LogP) is 3.83. The summed E-state index contributed by atoms with van der Waals surface area (Å²) in [6.45, 7) is 17.5. The zero-order chi connectivity index (χ0) is 64.7. The van der Waals surface area contributed by atoms with Gasteiger partial charge < -0.3 is 56.2 Å². The van der Waals surface area contributed by atoms with Gasteiger partial charge in [0.25, 0.3) is 0 Å². The van der Waals surface area contributed by atoms with E-state index >= 15 is 4.79 Å². The van der Waals surface area contributed by atoms with Gasteiger partial charge in [-0.15, -0.1) is 0 Å². The molecule has 0 aliphatic carbocycles. The van der Waals surface area contributed by atoms with E-state index in [1.807, 2.05) is 27.7 Å². The van der Waals surface area contributed by atoms with Gasteiger partial charge in [-0.1, -0.05) is 97.9 Å². The van der Waals surface area contributed by atoms with E-state index in [1.165, 1.54) is 46.9 Å². The summed E-state index contributed by atoms with van der Waals surface area (Å²) < 4.78 is 41.2. The van der Waals surface area contributed by atoms with E-state index in [9.17, 15) is 61.4 Å². The lowest BCUT2D eigenvalue weighted by atomic mass is 9.96. The van der Waals surface area contributed by atoms with Gasteiger partial charge in [0.2, 0.25) is 59.1 Å². The van der Waals surface area contributed by atoms with Crippen LogP contribution in [0, 0.1) is 23.7 Å². The molecule has 24 heteroatoms. The van der Waals surface area contributed by atoms with E-state index < -0.39 is 150 Å². The summed E-state index contributed by atoms with van der Waals surface area (Å²) in [4.78, 5) is 153. The molecular weight excluding hydrogens is 1120 g/mol. The lowest BCUT2D eigenvalue weighted by Crippen LogP contribution is -2.63. The van der Waals surface area contributed by atoms with Crippen LogP contribution >= 0.6 is 0 Å². The van der Waals surface area contributed by atoms with Crippen LogP contribution < -0.4 is 26.6 Å². The van der Waals surface area contributed by atoms with Crippen LogP contribution in [0.5, 0.6) is 0 Å². The summed E-state index contributed by atoms with van der Waals surface area (Å²) in [5.74, 6) is -9.30. The first-order valence-electron chi connectivity index (χ1n) is 29.9. The number of piperidine rings is 1. The third-order valence-corrected chi connectivity index (χ3v) is 15.9.